The van der Waals surface area contributed by atoms with Crippen LogP contribution in [0.1, 0.15) is 67.1 Å². The maximum atomic E-state index is 13.3. The molecule has 1 heterocycles. The molecule has 1 unspecified atom stereocenters. The Bertz CT molecular complexity index is 2580. The van der Waals surface area contributed by atoms with Gasteiger partial charge in [-0.3, -0.25) is 44.4 Å². The van der Waals surface area contributed by atoms with Gasteiger partial charge in [0.25, 0.3) is 11.4 Å². The molecule has 0 bridgehead atoms. The molecule has 4 aromatic rings. The van der Waals surface area contributed by atoms with Crippen LogP contribution in [0.15, 0.2) is 144 Å². The van der Waals surface area contributed by atoms with E-state index in [1.165, 1.54) is 75.2 Å². The average Bonchev–Trinajstić information content (AvgIpc) is 3.34. The van der Waals surface area contributed by atoms with Crippen molar-refractivity contribution >= 4 is 59.7 Å². The van der Waals surface area contributed by atoms with Crippen LogP contribution in [0.2, 0.25) is 0 Å². The van der Waals surface area contributed by atoms with E-state index in [4.69, 9.17) is 19.9 Å². The number of esters is 4. The fraction of sp³-hybridized carbons (Fsp3) is 0.308. The predicted molar refractivity (Wildman–Crippen MR) is 275 cm³/mol. The zero-order chi connectivity index (χ0) is 53.8. The van der Waals surface area contributed by atoms with Crippen molar-refractivity contribution < 1.29 is 57.6 Å². The molecule has 20 nitrogen and oxygen atoms in total. The standard InChI is InChI=1S/C26H29N3O6.C14H19NO3.C7H5NO3.C5H9NO2.ClH/c1-17-22(25(30)34-4)24(20-11-8-12-21(15-20)29(32)33)23(18(2)27-17)26(31)35-14-13-28(3)16-19-9-6-5-7-10-19;1-12(16)10-14(17)18-9-8-15(2)11-13-6-4-3-5-7-13;9-5-6-2-1-3-7(4-6)8(10)11;1-4(6)3-5(7)8-2;/h5-12,15,24,27H,13-14,16H2,1-4H3;3-7H,8-11H2,1-2H3;1-5H;3H,6H2,1-2H3;1H/b;;;4-3+;. The molecule has 1 atom stereocenters. The van der Waals surface area contributed by atoms with Crippen molar-refractivity contribution in [2.24, 2.45) is 5.73 Å². The van der Waals surface area contributed by atoms with Gasteiger partial charge in [-0.2, -0.15) is 0 Å². The topological polar surface area (TPSA) is 270 Å². The van der Waals surface area contributed by atoms with E-state index in [0.717, 1.165) is 12.1 Å². The van der Waals surface area contributed by atoms with E-state index in [2.05, 4.69) is 27.1 Å². The molecule has 0 saturated carbocycles. The Hall–Kier alpha value is -8.07. The first-order valence-corrected chi connectivity index (χ1v) is 22.2. The van der Waals surface area contributed by atoms with Crippen LogP contribution in [0.3, 0.4) is 0 Å². The number of carbonyl (C=O) groups is 6. The van der Waals surface area contributed by atoms with Crippen molar-refractivity contribution in [3.8, 4) is 0 Å². The lowest BCUT2D eigenvalue weighted by molar-refractivity contribution is -0.385. The fourth-order valence-electron chi connectivity index (χ4n) is 6.64. The van der Waals surface area contributed by atoms with Crippen LogP contribution in [-0.2, 0) is 56.0 Å². The number of ketones is 1. The zero-order valence-electron chi connectivity index (χ0n) is 42.1. The van der Waals surface area contributed by atoms with Gasteiger partial charge >= 0.3 is 23.9 Å². The SMILES string of the molecule is CC(=O)CC(=O)OCCN(C)Cc1ccccc1.COC(=O)/C=C(\C)N.COC(=O)C1=C(C)NC(C)=C(C(=O)OCCN(C)Cc2ccccc2)C1c1cccc([N+](=O)[O-])c1.Cl.O=Cc1cccc([N+](=O)[O-])c1. The molecule has 1 aliphatic rings. The monoisotopic (exact) mass is 1030 g/mol. The average molecular weight is 1030 g/mol. The van der Waals surface area contributed by atoms with E-state index in [0.29, 0.717) is 60.7 Å². The largest absolute Gasteiger partial charge is 0.466 e. The molecule has 0 aliphatic carbocycles. The number of benzene rings is 4. The fourth-order valence-corrected chi connectivity index (χ4v) is 6.64. The molecule has 0 fully saturated rings. The Morgan fingerprint density at radius 2 is 1.16 bits per heavy atom. The van der Waals surface area contributed by atoms with E-state index in [9.17, 15) is 49.0 Å². The summed E-state index contributed by atoms with van der Waals surface area (Å²) in [5.74, 6) is -3.14. The number of methoxy groups -OCH3 is 2. The summed E-state index contributed by atoms with van der Waals surface area (Å²) in [6.45, 7) is 9.52. The van der Waals surface area contributed by atoms with Gasteiger partial charge in [0.15, 0.2) is 0 Å². The van der Waals surface area contributed by atoms with Gasteiger partial charge in [-0.1, -0.05) is 84.9 Å². The van der Waals surface area contributed by atoms with Crippen LogP contribution in [0.25, 0.3) is 0 Å². The van der Waals surface area contributed by atoms with Crippen LogP contribution >= 0.6 is 12.4 Å². The molecule has 21 heteroatoms. The summed E-state index contributed by atoms with van der Waals surface area (Å²) < 4.78 is 19.8. The smallest absolute Gasteiger partial charge is 0.336 e. The number of nitrogens with one attached hydrogen (secondary N) is 1. The number of Topliss-reactive ketones (excluding diaryl/α,β-unsaturated/α-hetero) is 1. The highest BCUT2D eigenvalue weighted by molar-refractivity contribution is 6.00. The minimum Gasteiger partial charge on any atom is -0.466 e. The molecule has 73 heavy (non-hydrogen) atoms. The third-order valence-corrected chi connectivity index (χ3v) is 9.99. The quantitative estimate of drug-likeness (QED) is 0.0179. The Morgan fingerprint density at radius 3 is 1.60 bits per heavy atom. The second kappa shape index (κ2) is 33.5. The number of allylic oxidation sites excluding steroid dienone is 3. The molecule has 392 valence electrons. The highest BCUT2D eigenvalue weighted by Gasteiger charge is 2.38. The normalized spacial score (nSPS) is 12.6. The Labute approximate surface area is 430 Å². The summed E-state index contributed by atoms with van der Waals surface area (Å²) in [6, 6.07) is 31.5. The number of nitro groups is 2. The second-order valence-electron chi connectivity index (χ2n) is 16.0. The third kappa shape index (κ3) is 23.6. The molecule has 1 aliphatic heterocycles. The molecule has 0 spiro atoms. The predicted octanol–water partition coefficient (Wildman–Crippen LogP) is 7.17. The number of likely N-dealkylation sites (N-methyl/N-ethyl adjacent to an activating group) is 2. The van der Waals surface area contributed by atoms with Gasteiger partial charge in [0.05, 0.1) is 41.1 Å². The highest BCUT2D eigenvalue weighted by Crippen LogP contribution is 2.40. The number of halogens is 1. The second-order valence-corrected chi connectivity index (χ2v) is 16.0. The number of carbonyl (C=O) groups excluding carboxylic acids is 6. The van der Waals surface area contributed by atoms with Crippen molar-refractivity contribution in [3.05, 3.63) is 186 Å². The first-order chi connectivity index (χ1) is 34.2. The summed E-state index contributed by atoms with van der Waals surface area (Å²) >= 11 is 0. The van der Waals surface area contributed by atoms with E-state index in [1.54, 1.807) is 26.8 Å². The van der Waals surface area contributed by atoms with E-state index in [-0.39, 0.29) is 53.7 Å². The molecule has 4 aromatic carbocycles. The number of rotatable bonds is 19. The molecular formula is C52H63ClN6O14. The van der Waals surface area contributed by atoms with Crippen molar-refractivity contribution in [3.63, 3.8) is 0 Å². The highest BCUT2D eigenvalue weighted by atomic mass is 35.5. The van der Waals surface area contributed by atoms with Gasteiger partial charge in [-0.15, -0.1) is 12.4 Å². The first kappa shape index (κ1) is 62.9. The van der Waals surface area contributed by atoms with E-state index < -0.39 is 39.6 Å². The van der Waals surface area contributed by atoms with Gasteiger partial charge < -0.3 is 30.0 Å². The van der Waals surface area contributed by atoms with E-state index >= 15 is 0 Å². The first-order valence-electron chi connectivity index (χ1n) is 22.2. The lowest BCUT2D eigenvalue weighted by Crippen LogP contribution is -2.33. The molecule has 0 saturated heterocycles. The number of ether oxygens (including phenoxy) is 4. The van der Waals surface area contributed by atoms with Crippen LogP contribution in [0, 0.1) is 20.2 Å². The van der Waals surface area contributed by atoms with Gasteiger partial charge in [0.1, 0.15) is 31.7 Å². The van der Waals surface area contributed by atoms with Crippen molar-refractivity contribution in [1.82, 2.24) is 15.1 Å². The third-order valence-electron chi connectivity index (χ3n) is 9.99. The number of hydrogen-bond acceptors (Lipinski definition) is 18. The molecular weight excluding hydrogens is 968 g/mol. The van der Waals surface area contributed by atoms with Crippen molar-refractivity contribution in [2.75, 3.05) is 54.6 Å². The Kier molecular flexibility index (Phi) is 28.9. The Balaban J connectivity index is 0.000000579. The van der Waals surface area contributed by atoms with Gasteiger partial charge in [-0.25, -0.2) is 14.4 Å². The molecule has 0 radical (unpaired) electrons. The van der Waals surface area contributed by atoms with Gasteiger partial charge in [0, 0.05) is 79.2 Å². The summed E-state index contributed by atoms with van der Waals surface area (Å²) in [4.78, 5) is 92.8. The lowest BCUT2D eigenvalue weighted by Gasteiger charge is -2.30. The van der Waals surface area contributed by atoms with Crippen LogP contribution < -0.4 is 11.1 Å². The number of non-ortho nitro benzene ring substituents is 2. The zero-order valence-corrected chi connectivity index (χ0v) is 42.9. The molecule has 5 rings (SSSR count). The summed E-state index contributed by atoms with van der Waals surface area (Å²) in [5, 5.41) is 24.6. The van der Waals surface area contributed by atoms with Crippen LogP contribution in [-0.4, -0.2) is 110 Å². The number of nitrogens with zero attached hydrogens (tertiary/aromatic N) is 4. The van der Waals surface area contributed by atoms with Crippen LogP contribution in [0.5, 0.6) is 0 Å². The number of dihydropyridines is 1. The molecule has 3 N–H and O–H groups in total. The maximum absolute atomic E-state index is 13.3. The van der Waals surface area contributed by atoms with Crippen molar-refractivity contribution in [1.29, 1.82) is 0 Å². The lowest BCUT2D eigenvalue weighted by atomic mass is 9.80. The number of hydrogen-bond donors (Lipinski definition) is 2. The minimum atomic E-state index is -0.877. The number of nitro benzene ring substituents is 2. The van der Waals surface area contributed by atoms with Gasteiger partial charge in [0.2, 0.25) is 0 Å². The van der Waals surface area contributed by atoms with Crippen molar-refractivity contribution in [2.45, 2.75) is 53.1 Å². The van der Waals surface area contributed by atoms with E-state index in [1.807, 2.05) is 67.5 Å². The molecule has 0 amide bonds. The van der Waals surface area contributed by atoms with Gasteiger partial charge in [-0.05, 0) is 58.5 Å². The number of nitrogens with two attached hydrogens (primary N) is 1. The summed E-state index contributed by atoms with van der Waals surface area (Å²) in [6.07, 6.45) is 1.66. The molecule has 0 aromatic heterocycles. The Morgan fingerprint density at radius 1 is 0.685 bits per heavy atom. The summed E-state index contributed by atoms with van der Waals surface area (Å²) in [5.41, 5.74) is 9.91. The van der Waals surface area contributed by atoms with Crippen LogP contribution in [0.4, 0.5) is 11.4 Å². The summed E-state index contributed by atoms with van der Waals surface area (Å²) in [7, 11) is 6.45. The minimum absolute atomic E-state index is 0. The maximum Gasteiger partial charge on any atom is 0.336 e. The number of aldehydes is 1.